The third kappa shape index (κ3) is 1.83. The molecule has 2 aromatic rings. The quantitative estimate of drug-likeness (QED) is 0.628. The van der Waals surface area contributed by atoms with Crippen LogP contribution in [0.3, 0.4) is 0 Å². The summed E-state index contributed by atoms with van der Waals surface area (Å²) in [6, 6.07) is 13.1. The molecular weight excluding hydrogens is 199 g/mol. The number of benzene rings is 2. The van der Waals surface area contributed by atoms with E-state index in [0.29, 0.717) is 5.56 Å². The van der Waals surface area contributed by atoms with Crippen LogP contribution in [0, 0.1) is 25.1 Å². The second-order valence-electron chi connectivity index (χ2n) is 3.66. The van der Waals surface area contributed by atoms with Crippen LogP contribution in [0.1, 0.15) is 11.1 Å². The molecular formula is C15H11F. The Bertz CT molecular complexity index is 524. The van der Waals surface area contributed by atoms with Crippen molar-refractivity contribution in [1.29, 1.82) is 0 Å². The van der Waals surface area contributed by atoms with Gasteiger partial charge >= 0.3 is 0 Å². The summed E-state index contributed by atoms with van der Waals surface area (Å²) >= 11 is 0. The van der Waals surface area contributed by atoms with Crippen molar-refractivity contribution in [3.05, 3.63) is 59.4 Å². The standard InChI is InChI=1S/C15H11F/c1-3-14-11(2)9-13(10-15(14)16)12-7-5-4-6-8-12/h1,4-10H,2H3. The van der Waals surface area contributed by atoms with Gasteiger partial charge in [0.1, 0.15) is 5.82 Å². The van der Waals surface area contributed by atoms with Crippen molar-refractivity contribution >= 4 is 0 Å². The number of hydrogen-bond acceptors (Lipinski definition) is 0. The molecule has 0 atom stereocenters. The molecule has 1 heteroatoms. The van der Waals surface area contributed by atoms with Crippen LogP contribution in [0.2, 0.25) is 0 Å². The van der Waals surface area contributed by atoms with Gasteiger partial charge in [0.15, 0.2) is 0 Å². The minimum atomic E-state index is -0.332. The van der Waals surface area contributed by atoms with Crippen molar-refractivity contribution in [1.82, 2.24) is 0 Å². The average molecular weight is 210 g/mol. The van der Waals surface area contributed by atoms with Crippen LogP contribution in [-0.4, -0.2) is 0 Å². The molecule has 0 radical (unpaired) electrons. The molecule has 16 heavy (non-hydrogen) atoms. The normalized spacial score (nSPS) is 9.81. The summed E-state index contributed by atoms with van der Waals surface area (Å²) in [5, 5.41) is 0. The fourth-order valence-corrected chi connectivity index (χ4v) is 1.72. The fourth-order valence-electron chi connectivity index (χ4n) is 1.72. The molecule has 0 heterocycles. The number of rotatable bonds is 1. The summed E-state index contributed by atoms with van der Waals surface area (Å²) in [5.41, 5.74) is 2.99. The summed E-state index contributed by atoms with van der Waals surface area (Å²) in [6.07, 6.45) is 5.25. The van der Waals surface area contributed by atoms with E-state index in [9.17, 15) is 4.39 Å². The highest BCUT2D eigenvalue weighted by molar-refractivity contribution is 5.66. The third-order valence-electron chi connectivity index (χ3n) is 2.54. The van der Waals surface area contributed by atoms with Crippen LogP contribution in [0.15, 0.2) is 42.5 Å². The Hall–Kier alpha value is -2.07. The van der Waals surface area contributed by atoms with E-state index in [0.717, 1.165) is 16.7 Å². The number of aryl methyl sites for hydroxylation is 1. The van der Waals surface area contributed by atoms with E-state index in [1.54, 1.807) is 0 Å². The average Bonchev–Trinajstić information content (AvgIpc) is 2.30. The summed E-state index contributed by atoms with van der Waals surface area (Å²) in [7, 11) is 0. The highest BCUT2D eigenvalue weighted by atomic mass is 19.1. The van der Waals surface area contributed by atoms with Crippen LogP contribution in [0.25, 0.3) is 11.1 Å². The molecule has 0 fully saturated rings. The predicted octanol–water partition coefficient (Wildman–Crippen LogP) is 3.78. The molecule has 0 aromatic heterocycles. The Balaban J connectivity index is 2.58. The molecule has 0 saturated carbocycles. The second-order valence-corrected chi connectivity index (χ2v) is 3.66. The Morgan fingerprint density at radius 1 is 1.06 bits per heavy atom. The van der Waals surface area contributed by atoms with E-state index in [2.05, 4.69) is 5.92 Å². The van der Waals surface area contributed by atoms with Gasteiger partial charge in [-0.3, -0.25) is 0 Å². The van der Waals surface area contributed by atoms with E-state index in [-0.39, 0.29) is 5.82 Å². The van der Waals surface area contributed by atoms with Gasteiger partial charge in [0.05, 0.1) is 5.56 Å². The van der Waals surface area contributed by atoms with Gasteiger partial charge in [-0.15, -0.1) is 6.42 Å². The zero-order chi connectivity index (χ0) is 11.5. The maximum atomic E-state index is 13.7. The van der Waals surface area contributed by atoms with Crippen LogP contribution >= 0.6 is 0 Å². The molecule has 0 saturated heterocycles. The lowest BCUT2D eigenvalue weighted by Gasteiger charge is -2.06. The lowest BCUT2D eigenvalue weighted by molar-refractivity contribution is 0.623. The van der Waals surface area contributed by atoms with Crippen molar-refractivity contribution in [2.75, 3.05) is 0 Å². The first-order valence-corrected chi connectivity index (χ1v) is 5.04. The maximum Gasteiger partial charge on any atom is 0.139 e. The summed E-state index contributed by atoms with van der Waals surface area (Å²) in [6.45, 7) is 1.82. The fraction of sp³-hybridized carbons (Fsp3) is 0.0667. The van der Waals surface area contributed by atoms with E-state index < -0.39 is 0 Å². The largest absolute Gasteiger partial charge is 0.206 e. The second kappa shape index (κ2) is 4.20. The van der Waals surface area contributed by atoms with Crippen molar-refractivity contribution in [2.45, 2.75) is 6.92 Å². The number of terminal acetylenes is 1. The lowest BCUT2D eigenvalue weighted by Crippen LogP contribution is -1.90. The molecule has 0 aliphatic heterocycles. The van der Waals surface area contributed by atoms with E-state index in [4.69, 9.17) is 6.42 Å². The molecule has 0 N–H and O–H groups in total. The third-order valence-corrected chi connectivity index (χ3v) is 2.54. The van der Waals surface area contributed by atoms with E-state index in [1.807, 2.05) is 43.3 Å². The molecule has 0 amide bonds. The smallest absolute Gasteiger partial charge is 0.139 e. The van der Waals surface area contributed by atoms with Gasteiger partial charge < -0.3 is 0 Å². The summed E-state index contributed by atoms with van der Waals surface area (Å²) < 4.78 is 13.7. The number of hydrogen-bond donors (Lipinski definition) is 0. The zero-order valence-corrected chi connectivity index (χ0v) is 9.00. The molecule has 2 aromatic carbocycles. The number of halogens is 1. The SMILES string of the molecule is C#Cc1c(C)cc(-c2ccccc2)cc1F. The molecule has 0 aliphatic carbocycles. The first kappa shape index (κ1) is 10.4. The molecule has 2 rings (SSSR count). The van der Waals surface area contributed by atoms with E-state index >= 15 is 0 Å². The molecule has 0 bridgehead atoms. The van der Waals surface area contributed by atoms with Gasteiger partial charge in [-0.25, -0.2) is 4.39 Å². The summed E-state index contributed by atoms with van der Waals surface area (Å²) in [5.74, 6) is 2.04. The van der Waals surface area contributed by atoms with Crippen LogP contribution in [0.4, 0.5) is 4.39 Å². The topological polar surface area (TPSA) is 0 Å². The first-order chi connectivity index (χ1) is 7.72. The lowest BCUT2D eigenvalue weighted by atomic mass is 10.00. The van der Waals surface area contributed by atoms with Gasteiger partial charge in [0.25, 0.3) is 0 Å². The maximum absolute atomic E-state index is 13.7. The monoisotopic (exact) mass is 210 g/mol. The van der Waals surface area contributed by atoms with Crippen molar-refractivity contribution in [2.24, 2.45) is 0 Å². The molecule has 0 unspecified atom stereocenters. The summed E-state index contributed by atoms with van der Waals surface area (Å²) in [4.78, 5) is 0. The van der Waals surface area contributed by atoms with Crippen molar-refractivity contribution in [3.8, 4) is 23.5 Å². The van der Waals surface area contributed by atoms with Crippen molar-refractivity contribution < 1.29 is 4.39 Å². The van der Waals surface area contributed by atoms with Gasteiger partial charge in [0.2, 0.25) is 0 Å². The molecule has 0 nitrogen and oxygen atoms in total. The highest BCUT2D eigenvalue weighted by Gasteiger charge is 2.06. The van der Waals surface area contributed by atoms with Crippen LogP contribution < -0.4 is 0 Å². The molecule has 0 spiro atoms. The van der Waals surface area contributed by atoms with Crippen LogP contribution in [0.5, 0.6) is 0 Å². The first-order valence-electron chi connectivity index (χ1n) is 5.04. The Morgan fingerprint density at radius 2 is 1.75 bits per heavy atom. The zero-order valence-electron chi connectivity index (χ0n) is 9.00. The Morgan fingerprint density at radius 3 is 2.31 bits per heavy atom. The van der Waals surface area contributed by atoms with Crippen molar-refractivity contribution in [3.63, 3.8) is 0 Å². The van der Waals surface area contributed by atoms with Gasteiger partial charge in [0, 0.05) is 0 Å². The Kier molecular flexibility index (Phi) is 2.74. The van der Waals surface area contributed by atoms with Crippen LogP contribution in [-0.2, 0) is 0 Å². The predicted molar refractivity (Wildman–Crippen MR) is 64.5 cm³/mol. The molecule has 0 aliphatic rings. The van der Waals surface area contributed by atoms with Gasteiger partial charge in [-0.2, -0.15) is 0 Å². The minimum absolute atomic E-state index is 0.332. The minimum Gasteiger partial charge on any atom is -0.206 e. The van der Waals surface area contributed by atoms with Gasteiger partial charge in [-0.1, -0.05) is 36.3 Å². The molecule has 78 valence electrons. The van der Waals surface area contributed by atoms with E-state index in [1.165, 1.54) is 6.07 Å². The Labute approximate surface area is 94.7 Å². The highest BCUT2D eigenvalue weighted by Crippen LogP contribution is 2.24. The van der Waals surface area contributed by atoms with Gasteiger partial charge in [-0.05, 0) is 35.7 Å².